The number of allylic oxidation sites excluding steroid dienone is 13. The van der Waals surface area contributed by atoms with E-state index in [-0.39, 0.29) is 31.6 Å². The van der Waals surface area contributed by atoms with E-state index in [4.69, 9.17) is 14.2 Å². The maximum atomic E-state index is 12.8. The summed E-state index contributed by atoms with van der Waals surface area (Å²) in [7, 11) is 0. The molecule has 0 heterocycles. The Labute approximate surface area is 452 Å². The number of unbranched alkanes of at least 4 members (excludes halogenated alkanes) is 32. The van der Waals surface area contributed by atoms with Crippen LogP contribution < -0.4 is 0 Å². The van der Waals surface area contributed by atoms with Crippen LogP contribution in [0.4, 0.5) is 0 Å². The van der Waals surface area contributed by atoms with Gasteiger partial charge in [0.05, 0.1) is 6.42 Å². The van der Waals surface area contributed by atoms with Crippen LogP contribution in [0.25, 0.3) is 0 Å². The molecule has 0 aliphatic heterocycles. The summed E-state index contributed by atoms with van der Waals surface area (Å²) in [5.74, 6) is -1.05. The highest BCUT2D eigenvalue weighted by molar-refractivity contribution is 5.72. The summed E-state index contributed by atoms with van der Waals surface area (Å²) in [6.45, 7) is 6.42. The Kier molecular flexibility index (Phi) is 58.3. The standard InChI is InChI=1S/C67H116O6/c1-4-7-10-13-16-19-22-24-26-27-28-29-30-31-32-33-34-35-36-37-38-39-41-42-45-48-51-54-57-60-66(69)72-63-64(62-71-65(68)59-56-53-50-47-44-21-18-15-12-9-6-3)73-67(70)61-58-55-52-49-46-43-40-25-23-20-17-14-11-8-5-2/h8,11,15,17-18,20,25,27-28,40,46,49,55,58,64H,4-7,9-10,12-14,16,19,21-24,26,29-39,41-45,47-48,50-54,56-57,59-63H2,1-3H3/b11-8-,18-15-,20-17-,28-27-,40-25-,49-46-,58-55-. The lowest BCUT2D eigenvalue weighted by molar-refractivity contribution is -0.166. The summed E-state index contributed by atoms with van der Waals surface area (Å²) < 4.78 is 16.7. The Hall–Kier alpha value is -3.41. The van der Waals surface area contributed by atoms with Crippen molar-refractivity contribution in [3.8, 4) is 0 Å². The Morgan fingerprint density at radius 2 is 0.589 bits per heavy atom. The van der Waals surface area contributed by atoms with Crippen LogP contribution in [0.15, 0.2) is 85.1 Å². The molecule has 0 radical (unpaired) electrons. The molecule has 0 spiro atoms. The molecule has 0 aliphatic rings. The number of esters is 3. The van der Waals surface area contributed by atoms with Gasteiger partial charge in [-0.15, -0.1) is 0 Å². The summed E-state index contributed by atoms with van der Waals surface area (Å²) in [4.78, 5) is 38.1. The van der Waals surface area contributed by atoms with Gasteiger partial charge >= 0.3 is 17.9 Å². The van der Waals surface area contributed by atoms with Crippen LogP contribution in [0.5, 0.6) is 0 Å². The maximum Gasteiger partial charge on any atom is 0.310 e. The molecule has 420 valence electrons. The highest BCUT2D eigenvalue weighted by Crippen LogP contribution is 2.16. The number of carbonyl (C=O) groups is 3. The zero-order valence-electron chi connectivity index (χ0n) is 48.1. The van der Waals surface area contributed by atoms with E-state index < -0.39 is 12.1 Å². The minimum absolute atomic E-state index is 0.0960. The minimum Gasteiger partial charge on any atom is -0.462 e. The van der Waals surface area contributed by atoms with Crippen molar-refractivity contribution in [3.63, 3.8) is 0 Å². The van der Waals surface area contributed by atoms with Crippen LogP contribution in [0.1, 0.15) is 303 Å². The molecule has 6 nitrogen and oxygen atoms in total. The second-order valence-corrected chi connectivity index (χ2v) is 20.6. The lowest BCUT2D eigenvalue weighted by Crippen LogP contribution is -2.30. The van der Waals surface area contributed by atoms with Crippen molar-refractivity contribution in [3.05, 3.63) is 85.1 Å². The van der Waals surface area contributed by atoms with Crippen LogP contribution >= 0.6 is 0 Å². The zero-order valence-corrected chi connectivity index (χ0v) is 48.1. The van der Waals surface area contributed by atoms with Crippen molar-refractivity contribution in [2.75, 3.05) is 13.2 Å². The number of rotatable bonds is 56. The predicted molar refractivity (Wildman–Crippen MR) is 316 cm³/mol. The van der Waals surface area contributed by atoms with E-state index in [1.165, 1.54) is 180 Å². The van der Waals surface area contributed by atoms with Gasteiger partial charge in [-0.1, -0.05) is 279 Å². The first-order valence-electron chi connectivity index (χ1n) is 31.1. The molecule has 0 saturated carbocycles. The second-order valence-electron chi connectivity index (χ2n) is 20.6. The normalized spacial score (nSPS) is 12.6. The van der Waals surface area contributed by atoms with Gasteiger partial charge in [0.15, 0.2) is 6.10 Å². The van der Waals surface area contributed by atoms with E-state index >= 15 is 0 Å². The zero-order chi connectivity index (χ0) is 52.9. The molecule has 1 unspecified atom stereocenters. The second kappa shape index (κ2) is 61.1. The molecule has 0 fully saturated rings. The molecule has 6 heteroatoms. The molecule has 1 atom stereocenters. The average molecular weight is 1020 g/mol. The topological polar surface area (TPSA) is 78.9 Å². The molecule has 0 N–H and O–H groups in total. The summed E-state index contributed by atoms with van der Waals surface area (Å²) >= 11 is 0. The van der Waals surface area contributed by atoms with Gasteiger partial charge in [-0.2, -0.15) is 0 Å². The third-order valence-corrected chi connectivity index (χ3v) is 13.4. The van der Waals surface area contributed by atoms with Gasteiger partial charge in [0, 0.05) is 12.8 Å². The average Bonchev–Trinajstić information content (AvgIpc) is 3.39. The highest BCUT2D eigenvalue weighted by atomic mass is 16.6. The SMILES string of the molecule is CC/C=C\C/C=C\C/C=C\C/C=C\C/C=C\CC(=O)OC(COC(=O)CCCCCCC/C=C\CCCC)COC(=O)CCCCCCCCCCCCCCCCCCC/C=C\CCCCCCCCCC. The Bertz CT molecular complexity index is 1400. The highest BCUT2D eigenvalue weighted by Gasteiger charge is 2.19. The third-order valence-electron chi connectivity index (χ3n) is 13.4. The smallest absolute Gasteiger partial charge is 0.310 e. The number of ether oxygens (including phenoxy) is 3. The predicted octanol–water partition coefficient (Wildman–Crippen LogP) is 21.1. The molecule has 0 amide bonds. The number of carbonyl (C=O) groups excluding carboxylic acids is 3. The molecule has 0 bridgehead atoms. The molecule has 0 rings (SSSR count). The maximum absolute atomic E-state index is 12.8. The van der Waals surface area contributed by atoms with Crippen LogP contribution in [-0.2, 0) is 28.6 Å². The summed E-state index contributed by atoms with van der Waals surface area (Å²) in [5.41, 5.74) is 0. The molecule has 0 saturated heterocycles. The minimum atomic E-state index is -0.833. The van der Waals surface area contributed by atoms with E-state index in [9.17, 15) is 14.4 Å². The molecule has 0 aromatic rings. The monoisotopic (exact) mass is 1020 g/mol. The van der Waals surface area contributed by atoms with E-state index in [0.29, 0.717) is 12.8 Å². The van der Waals surface area contributed by atoms with Crippen LogP contribution in [0, 0.1) is 0 Å². The first-order valence-corrected chi connectivity index (χ1v) is 31.1. The summed E-state index contributed by atoms with van der Waals surface area (Å²) in [5, 5.41) is 0. The summed E-state index contributed by atoms with van der Waals surface area (Å²) in [6, 6.07) is 0. The van der Waals surface area contributed by atoms with Crippen molar-refractivity contribution >= 4 is 17.9 Å². The Morgan fingerprint density at radius 3 is 0.932 bits per heavy atom. The van der Waals surface area contributed by atoms with Gasteiger partial charge in [-0.3, -0.25) is 14.4 Å². The van der Waals surface area contributed by atoms with Gasteiger partial charge in [0.2, 0.25) is 0 Å². The van der Waals surface area contributed by atoms with Gasteiger partial charge in [0.25, 0.3) is 0 Å². The van der Waals surface area contributed by atoms with Crippen molar-refractivity contribution in [2.24, 2.45) is 0 Å². The van der Waals surface area contributed by atoms with E-state index in [2.05, 4.69) is 93.7 Å². The van der Waals surface area contributed by atoms with Crippen molar-refractivity contribution in [2.45, 2.75) is 309 Å². The Balaban J connectivity index is 4.22. The summed E-state index contributed by atoms with van der Waals surface area (Å²) in [6.07, 6.45) is 80.7. The molecular formula is C67H116O6. The van der Waals surface area contributed by atoms with E-state index in [1.54, 1.807) is 6.08 Å². The fraction of sp³-hybridized carbons (Fsp3) is 0.746. The van der Waals surface area contributed by atoms with Gasteiger partial charge in [-0.25, -0.2) is 0 Å². The lowest BCUT2D eigenvalue weighted by atomic mass is 10.0. The van der Waals surface area contributed by atoms with Crippen molar-refractivity contribution < 1.29 is 28.6 Å². The van der Waals surface area contributed by atoms with Gasteiger partial charge < -0.3 is 14.2 Å². The van der Waals surface area contributed by atoms with Crippen LogP contribution in [-0.4, -0.2) is 37.2 Å². The quantitative estimate of drug-likeness (QED) is 0.0261. The van der Waals surface area contributed by atoms with Crippen LogP contribution in [0.3, 0.4) is 0 Å². The fourth-order valence-electron chi connectivity index (χ4n) is 8.73. The molecule has 73 heavy (non-hydrogen) atoms. The Morgan fingerprint density at radius 1 is 0.301 bits per heavy atom. The first-order chi connectivity index (χ1) is 36.0. The number of hydrogen-bond donors (Lipinski definition) is 0. The first kappa shape index (κ1) is 69.6. The van der Waals surface area contributed by atoms with E-state index in [0.717, 1.165) is 83.5 Å². The van der Waals surface area contributed by atoms with E-state index in [1.807, 2.05) is 6.08 Å². The molecule has 0 aromatic heterocycles. The van der Waals surface area contributed by atoms with Crippen molar-refractivity contribution in [1.82, 2.24) is 0 Å². The fourth-order valence-corrected chi connectivity index (χ4v) is 8.73. The lowest BCUT2D eigenvalue weighted by Gasteiger charge is -2.18. The van der Waals surface area contributed by atoms with Gasteiger partial charge in [0.1, 0.15) is 13.2 Å². The third kappa shape index (κ3) is 59.3. The largest absolute Gasteiger partial charge is 0.462 e. The number of hydrogen-bond acceptors (Lipinski definition) is 6. The van der Waals surface area contributed by atoms with Crippen molar-refractivity contribution in [1.29, 1.82) is 0 Å². The van der Waals surface area contributed by atoms with Crippen LogP contribution in [0.2, 0.25) is 0 Å². The van der Waals surface area contributed by atoms with Gasteiger partial charge in [-0.05, 0) is 89.9 Å². The molecule has 0 aliphatic carbocycles. The molecular weight excluding hydrogens is 901 g/mol. The molecule has 0 aromatic carbocycles.